The summed E-state index contributed by atoms with van der Waals surface area (Å²) in [7, 11) is 0. The second-order valence-electron chi connectivity index (χ2n) is 14.7. The van der Waals surface area contributed by atoms with Crippen LogP contribution in [0.1, 0.15) is 85.5 Å². The molecule has 2 N–H and O–H groups in total. The third-order valence-electron chi connectivity index (χ3n) is 10.1. The van der Waals surface area contributed by atoms with Crippen LogP contribution in [0.4, 0.5) is 0 Å². The van der Waals surface area contributed by atoms with E-state index in [1.54, 1.807) is 6.07 Å². The van der Waals surface area contributed by atoms with E-state index in [-0.39, 0.29) is 36.7 Å². The van der Waals surface area contributed by atoms with Gasteiger partial charge in [-0.1, -0.05) is 89.5 Å². The number of aliphatic carboxylic acids is 1. The monoisotopic (exact) mass is 666 g/mol. The van der Waals surface area contributed by atoms with Crippen LogP contribution in [0.5, 0.6) is 0 Å². The lowest BCUT2D eigenvalue weighted by molar-refractivity contribution is -0.153. The highest BCUT2D eigenvalue weighted by molar-refractivity contribution is 7.14. The number of likely N-dealkylation sites (tertiary alicyclic amines) is 1. The van der Waals surface area contributed by atoms with Crippen molar-refractivity contribution >= 4 is 34.7 Å². The predicted molar refractivity (Wildman–Crippen MR) is 189 cm³/mol. The van der Waals surface area contributed by atoms with Crippen LogP contribution in [-0.4, -0.2) is 56.9 Å². The Kier molecular flexibility index (Phi) is 9.97. The number of carboxylic acid groups (broad SMARTS) is 1. The molecule has 3 atom stereocenters. The maximum absolute atomic E-state index is 13.5. The van der Waals surface area contributed by atoms with Gasteiger partial charge in [0.1, 0.15) is 6.04 Å². The molecule has 0 spiro atoms. The van der Waals surface area contributed by atoms with Gasteiger partial charge >= 0.3 is 5.97 Å². The van der Waals surface area contributed by atoms with E-state index in [1.165, 1.54) is 53.9 Å². The molecule has 0 bridgehead atoms. The van der Waals surface area contributed by atoms with Crippen molar-refractivity contribution in [2.75, 3.05) is 13.1 Å². The summed E-state index contributed by atoms with van der Waals surface area (Å²) >= 11 is 1.42. The van der Waals surface area contributed by atoms with Gasteiger partial charge in [0.25, 0.3) is 5.91 Å². The molecule has 0 radical (unpaired) electrons. The lowest BCUT2D eigenvalue weighted by Crippen LogP contribution is -2.59. The minimum Gasteiger partial charge on any atom is -0.481 e. The van der Waals surface area contributed by atoms with Crippen molar-refractivity contribution in [1.29, 1.82) is 0 Å². The fourth-order valence-corrected chi connectivity index (χ4v) is 8.08. The average Bonchev–Trinajstić information content (AvgIpc) is 3.56. The third kappa shape index (κ3) is 7.62. The number of rotatable bonds is 9. The molecule has 1 saturated heterocycles. The summed E-state index contributed by atoms with van der Waals surface area (Å²) in [5.41, 5.74) is 3.81. The molecule has 1 aromatic carbocycles. The van der Waals surface area contributed by atoms with Gasteiger partial charge in [0, 0.05) is 47.9 Å². The van der Waals surface area contributed by atoms with Crippen LogP contribution in [0.15, 0.2) is 67.0 Å². The highest BCUT2D eigenvalue weighted by atomic mass is 32.1. The van der Waals surface area contributed by atoms with Crippen molar-refractivity contribution in [2.45, 2.75) is 77.7 Å². The number of nitrogens with zero attached hydrogens (tertiary/aromatic N) is 3. The Morgan fingerprint density at radius 3 is 2.27 bits per heavy atom. The van der Waals surface area contributed by atoms with Crippen LogP contribution >= 0.6 is 11.3 Å². The summed E-state index contributed by atoms with van der Waals surface area (Å²) < 4.78 is 0. The Morgan fingerprint density at radius 1 is 0.979 bits per heavy atom. The van der Waals surface area contributed by atoms with E-state index in [1.807, 2.05) is 42.7 Å². The average molecular weight is 667 g/mol. The molecule has 1 aliphatic heterocycles. The Morgan fingerprint density at radius 2 is 1.67 bits per heavy atom. The molecular formula is C39H46N4O4S. The molecule has 3 aliphatic rings. The van der Waals surface area contributed by atoms with E-state index in [4.69, 9.17) is 0 Å². The second kappa shape index (κ2) is 14.2. The quantitative estimate of drug-likeness (QED) is 0.250. The lowest BCUT2D eigenvalue weighted by atomic mass is 9.72. The van der Waals surface area contributed by atoms with Crippen LogP contribution in [0.2, 0.25) is 0 Å². The fraction of sp³-hybridized carbons (Fsp3) is 0.462. The molecule has 2 amide bonds. The smallest absolute Gasteiger partial charge is 0.310 e. The maximum Gasteiger partial charge on any atom is 0.310 e. The SMILES string of the molecule is CC1C=C(c2cnc(-c3ccc(C[C@H](NC(=O)c4ccc(C(C)(C)C)s4)C(=O)N4CC(C(=O)O)C4)cc3)nc2)C=CC1C1CCCCC1. The van der Waals surface area contributed by atoms with Crippen molar-refractivity contribution in [1.82, 2.24) is 20.2 Å². The first-order valence-corrected chi connectivity index (χ1v) is 18.0. The molecule has 2 aliphatic carbocycles. The van der Waals surface area contributed by atoms with Crippen molar-refractivity contribution < 1.29 is 19.5 Å². The van der Waals surface area contributed by atoms with Crippen LogP contribution in [0, 0.1) is 23.7 Å². The molecule has 3 heterocycles. The fourth-order valence-electron chi connectivity index (χ4n) is 7.12. The number of thiophene rings is 1. The molecule has 1 saturated carbocycles. The predicted octanol–water partition coefficient (Wildman–Crippen LogP) is 7.17. The molecule has 48 heavy (non-hydrogen) atoms. The Hall–Kier alpha value is -4.11. The number of aromatic nitrogens is 2. The third-order valence-corrected chi connectivity index (χ3v) is 11.6. The van der Waals surface area contributed by atoms with Crippen LogP contribution in [-0.2, 0) is 21.4 Å². The Bertz CT molecular complexity index is 1690. The van der Waals surface area contributed by atoms with Gasteiger partial charge in [-0.15, -0.1) is 11.3 Å². The summed E-state index contributed by atoms with van der Waals surface area (Å²) in [6.45, 7) is 8.90. The number of carbonyl (C=O) groups is 3. The van der Waals surface area contributed by atoms with Gasteiger partial charge in [-0.25, -0.2) is 9.97 Å². The normalized spacial score (nSPS) is 20.9. The van der Waals surface area contributed by atoms with E-state index < -0.39 is 17.9 Å². The number of amides is 2. The van der Waals surface area contributed by atoms with Gasteiger partial charge in [-0.05, 0) is 59.3 Å². The van der Waals surface area contributed by atoms with E-state index >= 15 is 0 Å². The summed E-state index contributed by atoms with van der Waals surface area (Å²) in [6.07, 6.45) is 17.8. The van der Waals surface area contributed by atoms with Gasteiger partial charge in [0.05, 0.1) is 10.8 Å². The number of carbonyl (C=O) groups excluding carboxylic acids is 2. The number of carboxylic acids is 1. The van der Waals surface area contributed by atoms with Crippen molar-refractivity contribution in [2.24, 2.45) is 23.7 Å². The molecule has 8 nitrogen and oxygen atoms in total. The lowest BCUT2D eigenvalue weighted by Gasteiger charge is -2.38. The molecule has 2 fully saturated rings. The zero-order valence-electron chi connectivity index (χ0n) is 28.3. The van der Waals surface area contributed by atoms with Crippen LogP contribution < -0.4 is 5.32 Å². The minimum atomic E-state index is -0.913. The molecule has 9 heteroatoms. The van der Waals surface area contributed by atoms with Gasteiger partial charge in [-0.2, -0.15) is 0 Å². The van der Waals surface area contributed by atoms with Gasteiger partial charge in [-0.3, -0.25) is 14.4 Å². The van der Waals surface area contributed by atoms with Crippen molar-refractivity contribution in [3.8, 4) is 11.4 Å². The first-order valence-electron chi connectivity index (χ1n) is 17.2. The summed E-state index contributed by atoms with van der Waals surface area (Å²) in [5, 5.41) is 12.3. The Labute approximate surface area is 287 Å². The summed E-state index contributed by atoms with van der Waals surface area (Å²) in [6, 6.07) is 10.6. The highest BCUT2D eigenvalue weighted by Gasteiger charge is 2.39. The second-order valence-corrected chi connectivity index (χ2v) is 15.8. The number of benzene rings is 1. The van der Waals surface area contributed by atoms with Crippen LogP contribution in [0.25, 0.3) is 17.0 Å². The standard InChI is InChI=1S/C39H46N4O4S/c1-24-18-28(14-15-31(24)26-8-6-5-7-9-26)29-20-40-35(41-21-29)27-12-10-25(11-13-27)19-32(37(45)43-22-30(23-43)38(46)47)42-36(44)33-16-17-34(48-33)39(2,3)4/h10-18,20-21,24,26,30-32H,5-9,19,22-23H2,1-4H3,(H,42,44)(H,46,47)/t24?,31?,32-/m0/s1. The summed E-state index contributed by atoms with van der Waals surface area (Å²) in [5.74, 6) is 0.438. The maximum atomic E-state index is 13.5. The topological polar surface area (TPSA) is 112 Å². The zero-order chi connectivity index (χ0) is 34.0. The Balaban J connectivity index is 1.12. The number of allylic oxidation sites excluding steroid dienone is 4. The minimum absolute atomic E-state index is 0.0890. The zero-order valence-corrected chi connectivity index (χ0v) is 29.1. The number of hydrogen-bond donors (Lipinski definition) is 2. The number of nitrogens with one attached hydrogen (secondary N) is 1. The molecule has 3 aromatic rings. The molecule has 2 aromatic heterocycles. The van der Waals surface area contributed by atoms with E-state index in [2.05, 4.69) is 61.2 Å². The van der Waals surface area contributed by atoms with Gasteiger partial charge < -0.3 is 15.3 Å². The van der Waals surface area contributed by atoms with Crippen molar-refractivity contribution in [3.63, 3.8) is 0 Å². The molecular weight excluding hydrogens is 621 g/mol. The van der Waals surface area contributed by atoms with Crippen LogP contribution in [0.3, 0.4) is 0 Å². The van der Waals surface area contributed by atoms with Gasteiger partial charge in [0.15, 0.2) is 5.82 Å². The summed E-state index contributed by atoms with van der Waals surface area (Å²) in [4.78, 5) is 50.6. The number of hydrogen-bond acceptors (Lipinski definition) is 6. The largest absolute Gasteiger partial charge is 0.481 e. The molecule has 6 rings (SSSR count). The van der Waals surface area contributed by atoms with Gasteiger partial charge in [0.2, 0.25) is 5.91 Å². The highest BCUT2D eigenvalue weighted by Crippen LogP contribution is 2.39. The van der Waals surface area contributed by atoms with E-state index in [0.717, 1.165) is 27.5 Å². The van der Waals surface area contributed by atoms with E-state index in [0.29, 0.717) is 22.5 Å². The molecule has 252 valence electrons. The van der Waals surface area contributed by atoms with E-state index in [9.17, 15) is 19.5 Å². The molecule has 2 unspecified atom stereocenters. The first kappa shape index (κ1) is 33.8. The van der Waals surface area contributed by atoms with Crippen molar-refractivity contribution in [3.05, 3.63) is 87.9 Å². The first-order chi connectivity index (χ1) is 23.0.